The van der Waals surface area contributed by atoms with Crippen molar-refractivity contribution in [1.29, 1.82) is 0 Å². The van der Waals surface area contributed by atoms with Crippen molar-refractivity contribution >= 4 is 11.6 Å². The zero-order valence-corrected chi connectivity index (χ0v) is 13.0. The van der Waals surface area contributed by atoms with Gasteiger partial charge in [0.15, 0.2) is 11.5 Å². The number of rotatable bonds is 6. The molecular weight excluding hydrogens is 286 g/mol. The number of benzene rings is 2. The van der Waals surface area contributed by atoms with Gasteiger partial charge in [-0.3, -0.25) is 0 Å². The fraction of sp³-hybridized carbons (Fsp3) is 0.294. The van der Waals surface area contributed by atoms with Crippen molar-refractivity contribution in [3.05, 3.63) is 58.6 Å². The molecule has 0 amide bonds. The Labute approximate surface area is 130 Å². The fourth-order valence-electron chi connectivity index (χ4n) is 2.28. The van der Waals surface area contributed by atoms with Crippen molar-refractivity contribution in [2.75, 3.05) is 7.11 Å². The molecule has 0 radical (unpaired) electrons. The van der Waals surface area contributed by atoms with E-state index < -0.39 is 0 Å². The predicted octanol–water partition coefficient (Wildman–Crippen LogP) is 4.30. The van der Waals surface area contributed by atoms with Gasteiger partial charge in [0.05, 0.1) is 7.11 Å². The summed E-state index contributed by atoms with van der Waals surface area (Å²) in [6, 6.07) is 13.6. The van der Waals surface area contributed by atoms with Crippen LogP contribution in [0.5, 0.6) is 11.5 Å². The minimum Gasteiger partial charge on any atom is -0.504 e. The van der Waals surface area contributed by atoms with E-state index in [9.17, 15) is 5.11 Å². The maximum absolute atomic E-state index is 9.79. The van der Waals surface area contributed by atoms with Crippen molar-refractivity contribution in [3.8, 4) is 11.5 Å². The Kier molecular flexibility index (Phi) is 5.48. The smallest absolute Gasteiger partial charge is 0.160 e. The molecule has 2 N–H and O–H groups in total. The molecule has 4 heteroatoms. The summed E-state index contributed by atoms with van der Waals surface area (Å²) in [5.74, 6) is 0.653. The molecule has 1 atom stereocenters. The van der Waals surface area contributed by atoms with Crippen LogP contribution >= 0.6 is 11.6 Å². The second-order valence-corrected chi connectivity index (χ2v) is 5.34. The average molecular weight is 306 g/mol. The Bertz CT molecular complexity index is 584. The van der Waals surface area contributed by atoms with Crippen LogP contribution in [0, 0.1) is 0 Å². The maximum Gasteiger partial charge on any atom is 0.160 e. The minimum atomic E-state index is 0.163. The number of methoxy groups -OCH3 is 1. The van der Waals surface area contributed by atoms with Crippen LogP contribution in [0.1, 0.15) is 30.5 Å². The van der Waals surface area contributed by atoms with Gasteiger partial charge in [-0.1, -0.05) is 36.7 Å². The third-order valence-electron chi connectivity index (χ3n) is 3.48. The summed E-state index contributed by atoms with van der Waals surface area (Å²) in [6.07, 6.45) is 0.976. The Morgan fingerprint density at radius 1 is 1.19 bits per heavy atom. The van der Waals surface area contributed by atoms with Crippen LogP contribution in [0.15, 0.2) is 42.5 Å². The summed E-state index contributed by atoms with van der Waals surface area (Å²) < 4.78 is 5.04. The zero-order chi connectivity index (χ0) is 15.2. The first-order valence-electron chi connectivity index (χ1n) is 6.98. The topological polar surface area (TPSA) is 41.5 Å². The first-order valence-corrected chi connectivity index (χ1v) is 7.36. The van der Waals surface area contributed by atoms with E-state index in [0.717, 1.165) is 17.0 Å². The molecule has 0 aromatic heterocycles. The number of ether oxygens (including phenoxy) is 1. The van der Waals surface area contributed by atoms with Crippen molar-refractivity contribution in [3.63, 3.8) is 0 Å². The molecule has 21 heavy (non-hydrogen) atoms. The molecule has 3 nitrogen and oxygen atoms in total. The van der Waals surface area contributed by atoms with Crippen LogP contribution in [0.2, 0.25) is 5.02 Å². The molecule has 112 valence electrons. The largest absolute Gasteiger partial charge is 0.504 e. The van der Waals surface area contributed by atoms with Gasteiger partial charge in [0.2, 0.25) is 0 Å². The lowest BCUT2D eigenvalue weighted by atomic mass is 10.0. The molecule has 0 spiro atoms. The van der Waals surface area contributed by atoms with E-state index in [1.165, 1.54) is 5.56 Å². The zero-order valence-electron chi connectivity index (χ0n) is 12.3. The average Bonchev–Trinajstić information content (AvgIpc) is 2.49. The van der Waals surface area contributed by atoms with Crippen LogP contribution in [-0.4, -0.2) is 12.2 Å². The van der Waals surface area contributed by atoms with Gasteiger partial charge in [-0.15, -0.1) is 0 Å². The van der Waals surface area contributed by atoms with Crippen LogP contribution in [-0.2, 0) is 6.54 Å². The van der Waals surface area contributed by atoms with E-state index >= 15 is 0 Å². The molecule has 2 aromatic carbocycles. The van der Waals surface area contributed by atoms with Crippen LogP contribution in [0.25, 0.3) is 0 Å². The van der Waals surface area contributed by atoms with Gasteiger partial charge in [-0.25, -0.2) is 0 Å². The van der Waals surface area contributed by atoms with Gasteiger partial charge in [-0.05, 0) is 41.8 Å². The van der Waals surface area contributed by atoms with E-state index in [1.807, 2.05) is 30.3 Å². The molecule has 0 aliphatic rings. The number of phenolic OH excluding ortho intramolecular Hbond substituents is 1. The van der Waals surface area contributed by atoms with Crippen molar-refractivity contribution in [2.24, 2.45) is 0 Å². The lowest BCUT2D eigenvalue weighted by Gasteiger charge is -2.18. The van der Waals surface area contributed by atoms with Crippen molar-refractivity contribution in [2.45, 2.75) is 25.9 Å². The normalized spacial score (nSPS) is 12.1. The molecule has 0 saturated carbocycles. The molecule has 0 aliphatic heterocycles. The molecular formula is C17H20ClNO2. The van der Waals surface area contributed by atoms with E-state index in [2.05, 4.69) is 12.2 Å². The predicted molar refractivity (Wildman–Crippen MR) is 86.0 cm³/mol. The van der Waals surface area contributed by atoms with E-state index in [-0.39, 0.29) is 11.8 Å². The fourth-order valence-corrected chi connectivity index (χ4v) is 2.41. The minimum absolute atomic E-state index is 0.163. The highest BCUT2D eigenvalue weighted by Gasteiger charge is 2.09. The summed E-state index contributed by atoms with van der Waals surface area (Å²) in [4.78, 5) is 0. The van der Waals surface area contributed by atoms with Gasteiger partial charge in [0.25, 0.3) is 0 Å². The Morgan fingerprint density at radius 3 is 2.48 bits per heavy atom. The first-order chi connectivity index (χ1) is 10.1. The number of hydrogen-bond acceptors (Lipinski definition) is 3. The van der Waals surface area contributed by atoms with E-state index in [0.29, 0.717) is 12.3 Å². The summed E-state index contributed by atoms with van der Waals surface area (Å²) in [6.45, 7) is 2.82. The number of aromatic hydroxyl groups is 1. The number of phenols is 1. The number of hydrogen-bond donors (Lipinski definition) is 2. The molecule has 2 rings (SSSR count). The summed E-state index contributed by atoms with van der Waals surface area (Å²) in [7, 11) is 1.54. The molecule has 0 saturated heterocycles. The van der Waals surface area contributed by atoms with Gasteiger partial charge in [-0.2, -0.15) is 0 Å². The second-order valence-electron chi connectivity index (χ2n) is 4.90. The second kappa shape index (κ2) is 7.34. The van der Waals surface area contributed by atoms with Gasteiger partial charge >= 0.3 is 0 Å². The highest BCUT2D eigenvalue weighted by atomic mass is 35.5. The summed E-state index contributed by atoms with van der Waals surface area (Å²) in [5.41, 5.74) is 2.22. The molecule has 0 aliphatic carbocycles. The SMILES string of the molecule is CCC(NCc1ccc(OC)c(O)c1)c1ccc(Cl)cc1. The maximum atomic E-state index is 9.79. The number of halogens is 1. The third-order valence-corrected chi connectivity index (χ3v) is 3.73. The van der Waals surface area contributed by atoms with Gasteiger partial charge in [0, 0.05) is 17.6 Å². The van der Waals surface area contributed by atoms with Gasteiger partial charge in [0.1, 0.15) is 0 Å². The van der Waals surface area contributed by atoms with Gasteiger partial charge < -0.3 is 15.2 Å². The van der Waals surface area contributed by atoms with Crippen LogP contribution in [0.4, 0.5) is 0 Å². The van der Waals surface area contributed by atoms with Crippen LogP contribution in [0.3, 0.4) is 0 Å². The molecule has 0 fully saturated rings. The highest BCUT2D eigenvalue weighted by Crippen LogP contribution is 2.26. The number of nitrogens with one attached hydrogen (secondary N) is 1. The lowest BCUT2D eigenvalue weighted by molar-refractivity contribution is 0.372. The monoisotopic (exact) mass is 305 g/mol. The van der Waals surface area contributed by atoms with Crippen molar-refractivity contribution in [1.82, 2.24) is 5.32 Å². The standard InChI is InChI=1S/C17H20ClNO2/c1-3-15(13-5-7-14(18)8-6-13)19-11-12-4-9-17(21-2)16(20)10-12/h4-10,15,19-20H,3,11H2,1-2H3. The van der Waals surface area contributed by atoms with E-state index in [4.69, 9.17) is 16.3 Å². The lowest BCUT2D eigenvalue weighted by Crippen LogP contribution is -2.20. The molecule has 0 bridgehead atoms. The molecule has 1 unspecified atom stereocenters. The van der Waals surface area contributed by atoms with Crippen LogP contribution < -0.4 is 10.1 Å². The Balaban J connectivity index is 2.03. The molecule has 0 heterocycles. The van der Waals surface area contributed by atoms with E-state index in [1.54, 1.807) is 19.2 Å². The Hall–Kier alpha value is -1.71. The quantitative estimate of drug-likeness (QED) is 0.836. The summed E-state index contributed by atoms with van der Waals surface area (Å²) >= 11 is 5.92. The molecule has 2 aromatic rings. The highest BCUT2D eigenvalue weighted by molar-refractivity contribution is 6.30. The van der Waals surface area contributed by atoms with Crippen molar-refractivity contribution < 1.29 is 9.84 Å². The first kappa shape index (κ1) is 15.7. The third kappa shape index (κ3) is 4.13. The summed E-state index contributed by atoms with van der Waals surface area (Å²) in [5, 5.41) is 14.0. The Morgan fingerprint density at radius 2 is 1.90 bits per heavy atom.